The SMILES string of the molecule is COc1c(-c2ccc(S(=O)CCO)cc2)c(F)cc2c(=O)c(C(=O)O)cn(C3CC3)c12. The minimum Gasteiger partial charge on any atom is -0.494 e. The van der Waals surface area contributed by atoms with Crippen LogP contribution in [0.2, 0.25) is 0 Å². The predicted octanol–water partition coefficient (Wildman–Crippen LogP) is 2.95. The van der Waals surface area contributed by atoms with Crippen LogP contribution in [-0.4, -0.2) is 44.4 Å². The Balaban J connectivity index is 1.97. The highest BCUT2D eigenvalue weighted by molar-refractivity contribution is 7.85. The second-order valence-corrected chi connectivity index (χ2v) is 8.85. The number of hydrogen-bond acceptors (Lipinski definition) is 5. The second-order valence-electron chi connectivity index (χ2n) is 7.28. The summed E-state index contributed by atoms with van der Waals surface area (Å²) < 4.78 is 34.5. The molecule has 0 saturated heterocycles. The molecule has 2 N–H and O–H groups in total. The van der Waals surface area contributed by atoms with Crippen LogP contribution in [-0.2, 0) is 10.8 Å². The van der Waals surface area contributed by atoms with Crippen molar-refractivity contribution >= 4 is 27.7 Å². The number of fused-ring (bicyclic) bond motifs is 1. The number of aromatic carboxylic acids is 1. The summed E-state index contributed by atoms with van der Waals surface area (Å²) in [6, 6.07) is 7.44. The monoisotopic (exact) mass is 445 g/mol. The van der Waals surface area contributed by atoms with Crippen LogP contribution in [0.1, 0.15) is 29.2 Å². The second kappa shape index (κ2) is 8.24. The summed E-state index contributed by atoms with van der Waals surface area (Å²) in [7, 11) is -0.000507. The van der Waals surface area contributed by atoms with Gasteiger partial charge >= 0.3 is 5.97 Å². The van der Waals surface area contributed by atoms with Crippen LogP contribution >= 0.6 is 0 Å². The van der Waals surface area contributed by atoms with Gasteiger partial charge in [0.2, 0.25) is 5.43 Å². The molecule has 9 heteroatoms. The van der Waals surface area contributed by atoms with Crippen LogP contribution in [0.15, 0.2) is 46.2 Å². The van der Waals surface area contributed by atoms with Gasteiger partial charge in [-0.15, -0.1) is 0 Å². The number of hydrogen-bond donors (Lipinski definition) is 2. The number of methoxy groups -OCH3 is 1. The molecule has 1 atom stereocenters. The molecule has 2 aromatic carbocycles. The number of carbonyl (C=O) groups is 1. The van der Waals surface area contributed by atoms with E-state index in [0.29, 0.717) is 16.0 Å². The van der Waals surface area contributed by atoms with Gasteiger partial charge in [-0.3, -0.25) is 9.00 Å². The van der Waals surface area contributed by atoms with E-state index in [0.717, 1.165) is 18.9 Å². The van der Waals surface area contributed by atoms with Gasteiger partial charge < -0.3 is 19.5 Å². The van der Waals surface area contributed by atoms with Gasteiger partial charge in [-0.25, -0.2) is 9.18 Å². The van der Waals surface area contributed by atoms with Crippen molar-refractivity contribution in [1.82, 2.24) is 4.57 Å². The van der Waals surface area contributed by atoms with Gasteiger partial charge in [0.1, 0.15) is 11.4 Å². The first-order chi connectivity index (χ1) is 14.9. The average Bonchev–Trinajstić information content (AvgIpc) is 3.59. The molecule has 1 aliphatic rings. The quantitative estimate of drug-likeness (QED) is 0.579. The van der Waals surface area contributed by atoms with Crippen LogP contribution in [0.3, 0.4) is 0 Å². The van der Waals surface area contributed by atoms with E-state index in [-0.39, 0.29) is 35.1 Å². The molecular weight excluding hydrogens is 425 g/mol. The molecule has 7 nitrogen and oxygen atoms in total. The summed E-state index contributed by atoms with van der Waals surface area (Å²) in [4.78, 5) is 24.8. The molecule has 1 fully saturated rings. The largest absolute Gasteiger partial charge is 0.494 e. The maximum atomic E-state index is 15.2. The van der Waals surface area contributed by atoms with Crippen molar-refractivity contribution in [2.24, 2.45) is 0 Å². The minimum absolute atomic E-state index is 0.0108. The lowest BCUT2D eigenvalue weighted by molar-refractivity contribution is 0.0694. The van der Waals surface area contributed by atoms with Crippen molar-refractivity contribution in [2.75, 3.05) is 19.5 Å². The Bertz CT molecular complexity index is 1260. The van der Waals surface area contributed by atoms with Crippen LogP contribution in [0.5, 0.6) is 5.75 Å². The van der Waals surface area contributed by atoms with E-state index in [2.05, 4.69) is 0 Å². The smallest absolute Gasteiger partial charge is 0.341 e. The highest BCUT2D eigenvalue weighted by Crippen LogP contribution is 2.43. The minimum atomic E-state index is -1.37. The molecule has 4 rings (SSSR count). The molecule has 3 aromatic rings. The van der Waals surface area contributed by atoms with Crippen LogP contribution in [0, 0.1) is 5.82 Å². The number of benzene rings is 2. The van der Waals surface area contributed by atoms with Gasteiger partial charge in [-0.1, -0.05) is 12.1 Å². The van der Waals surface area contributed by atoms with Crippen LogP contribution < -0.4 is 10.2 Å². The normalized spacial score (nSPS) is 14.5. The average molecular weight is 445 g/mol. The van der Waals surface area contributed by atoms with Crippen molar-refractivity contribution in [1.29, 1.82) is 0 Å². The number of carboxylic acid groups (broad SMARTS) is 1. The Morgan fingerprint density at radius 3 is 2.52 bits per heavy atom. The lowest BCUT2D eigenvalue weighted by atomic mass is 10.00. The van der Waals surface area contributed by atoms with E-state index < -0.39 is 33.6 Å². The van der Waals surface area contributed by atoms with Crippen molar-refractivity contribution in [2.45, 2.75) is 23.8 Å². The summed E-state index contributed by atoms with van der Waals surface area (Å²) in [5, 5.41) is 18.3. The van der Waals surface area contributed by atoms with Crippen molar-refractivity contribution in [3.05, 3.63) is 58.1 Å². The number of aliphatic hydroxyl groups is 1. The van der Waals surface area contributed by atoms with Crippen LogP contribution in [0.25, 0.3) is 22.0 Å². The van der Waals surface area contributed by atoms with Gasteiger partial charge in [0.05, 0.1) is 46.7 Å². The molecular formula is C22H20FNO6S. The number of ether oxygens (including phenoxy) is 1. The van der Waals surface area contributed by atoms with E-state index >= 15 is 4.39 Å². The fourth-order valence-electron chi connectivity index (χ4n) is 3.69. The molecule has 31 heavy (non-hydrogen) atoms. The number of aromatic nitrogens is 1. The van der Waals surface area contributed by atoms with Crippen molar-refractivity contribution < 1.29 is 28.3 Å². The highest BCUT2D eigenvalue weighted by Gasteiger charge is 2.30. The molecule has 1 aromatic heterocycles. The molecule has 1 heterocycles. The zero-order chi connectivity index (χ0) is 22.3. The summed E-state index contributed by atoms with van der Waals surface area (Å²) >= 11 is 0. The standard InChI is InChI=1S/C22H20FNO6S/c1-30-21-18(12-2-6-14(7-3-12)31(29)9-8-25)17(23)10-15-19(21)24(13-4-5-13)11-16(20(15)26)22(27)28/h2-3,6-7,10-11,13,25H,4-5,8-9H2,1H3,(H,27,28). The molecule has 1 unspecified atom stereocenters. The van der Waals surface area contributed by atoms with E-state index in [1.54, 1.807) is 28.8 Å². The highest BCUT2D eigenvalue weighted by atomic mass is 32.2. The molecule has 0 bridgehead atoms. The Kier molecular flexibility index (Phi) is 5.63. The number of nitrogens with zero attached hydrogens (tertiary/aromatic N) is 1. The summed E-state index contributed by atoms with van der Waals surface area (Å²) in [5.41, 5.74) is -0.240. The van der Waals surface area contributed by atoms with Crippen molar-refractivity contribution in [3.63, 3.8) is 0 Å². The van der Waals surface area contributed by atoms with E-state index in [1.807, 2.05) is 0 Å². The Hall–Kier alpha value is -3.04. The maximum absolute atomic E-state index is 15.2. The van der Waals surface area contributed by atoms with Gasteiger partial charge in [0.25, 0.3) is 0 Å². The third kappa shape index (κ3) is 3.75. The fraction of sp³-hybridized carbons (Fsp3) is 0.273. The first-order valence-electron chi connectivity index (χ1n) is 9.65. The lowest BCUT2D eigenvalue weighted by Gasteiger charge is -2.18. The predicted molar refractivity (Wildman–Crippen MR) is 114 cm³/mol. The molecule has 1 aliphatic carbocycles. The third-order valence-electron chi connectivity index (χ3n) is 5.28. The zero-order valence-electron chi connectivity index (χ0n) is 16.6. The summed E-state index contributed by atoms with van der Waals surface area (Å²) in [5.74, 6) is -1.85. The number of pyridine rings is 1. The van der Waals surface area contributed by atoms with Gasteiger partial charge in [-0.2, -0.15) is 0 Å². The first kappa shape index (κ1) is 21.2. The molecule has 162 valence electrons. The van der Waals surface area contributed by atoms with Gasteiger partial charge in [0.15, 0.2) is 5.75 Å². The summed E-state index contributed by atoms with van der Waals surface area (Å²) in [6.07, 6.45) is 2.94. The Morgan fingerprint density at radius 1 is 1.29 bits per heavy atom. The Morgan fingerprint density at radius 2 is 1.97 bits per heavy atom. The van der Waals surface area contributed by atoms with E-state index in [4.69, 9.17) is 9.84 Å². The molecule has 0 amide bonds. The number of rotatable bonds is 7. The zero-order valence-corrected chi connectivity index (χ0v) is 17.4. The molecule has 0 aliphatic heterocycles. The lowest BCUT2D eigenvalue weighted by Crippen LogP contribution is -2.19. The van der Waals surface area contributed by atoms with Gasteiger partial charge in [-0.05, 0) is 36.6 Å². The van der Waals surface area contributed by atoms with Crippen molar-refractivity contribution in [3.8, 4) is 16.9 Å². The van der Waals surface area contributed by atoms with E-state index in [9.17, 15) is 18.9 Å². The Labute approximate surface area is 179 Å². The number of halogens is 1. The molecule has 1 saturated carbocycles. The summed E-state index contributed by atoms with van der Waals surface area (Å²) in [6.45, 7) is -0.210. The maximum Gasteiger partial charge on any atom is 0.341 e. The topological polar surface area (TPSA) is 106 Å². The number of carboxylic acids is 1. The third-order valence-corrected chi connectivity index (χ3v) is 6.63. The number of aliphatic hydroxyl groups excluding tert-OH is 1. The van der Waals surface area contributed by atoms with E-state index in [1.165, 1.54) is 13.3 Å². The van der Waals surface area contributed by atoms with Gasteiger partial charge in [0, 0.05) is 17.1 Å². The first-order valence-corrected chi connectivity index (χ1v) is 11.0. The fourth-order valence-corrected chi connectivity index (χ4v) is 4.53. The molecule has 0 spiro atoms. The molecule has 0 radical (unpaired) electrons. The van der Waals surface area contributed by atoms with Crippen LogP contribution in [0.4, 0.5) is 4.39 Å².